The van der Waals surface area contributed by atoms with Crippen LogP contribution in [0, 0.1) is 9.55 Å². The topological polar surface area (TPSA) is 78.2 Å². The van der Waals surface area contributed by atoms with Crippen molar-refractivity contribution >= 4 is 10.1 Å². The normalized spacial score (nSPS) is 10.9. The Kier molecular flexibility index (Phi) is 2.69. The Hall–Kier alpha value is 0.310. The molecule has 0 aromatic carbocycles. The predicted molar refractivity (Wildman–Crippen MR) is 15.0 cm³/mol. The molecule has 0 radical (unpaired) electrons. The van der Waals surface area contributed by atoms with E-state index in [1.807, 2.05) is 0 Å². The van der Waals surface area contributed by atoms with Crippen molar-refractivity contribution in [2.45, 2.75) is 0 Å². The molecule has 0 aliphatic rings. The zero-order valence-electron chi connectivity index (χ0n) is 2.92. The third-order valence-corrected chi connectivity index (χ3v) is 4.48. The minimum atomic E-state index is -4.57. The Morgan fingerprint density at radius 1 is 1.71 bits per heavy atom. The third kappa shape index (κ3) is 6.31. The molecular formula is CHAuNO3Se. The van der Waals surface area contributed by atoms with Crippen LogP contribution in [0.5, 0.6) is 0 Å². The Morgan fingerprint density at radius 3 is 2.14 bits per heavy atom. The van der Waals surface area contributed by atoms with E-state index >= 15 is 0 Å². The summed E-state index contributed by atoms with van der Waals surface area (Å²) < 4.78 is 28.6. The molecule has 0 heterocycles. The van der Waals surface area contributed by atoms with Gasteiger partial charge in [-0.3, -0.25) is 0 Å². The summed E-state index contributed by atoms with van der Waals surface area (Å²) in [5.41, 5.74) is 0. The van der Waals surface area contributed by atoms with Crippen LogP contribution in [0.2, 0.25) is 0 Å². The van der Waals surface area contributed by atoms with E-state index in [1.165, 1.54) is 4.29 Å². The fraction of sp³-hybridized carbons (Fsp3) is 0. The summed E-state index contributed by atoms with van der Waals surface area (Å²) in [6.07, 6.45) is 0. The van der Waals surface area contributed by atoms with E-state index in [-0.39, 0.29) is 0 Å². The van der Waals surface area contributed by atoms with Crippen molar-refractivity contribution in [3.8, 4) is 4.29 Å². The molecule has 0 bridgehead atoms. The Balaban J connectivity index is 3.92. The van der Waals surface area contributed by atoms with Gasteiger partial charge in [0.2, 0.25) is 0 Å². The fourth-order valence-electron chi connectivity index (χ4n) is 0.0348. The molecule has 4 nitrogen and oxygen atoms in total. The zero-order chi connectivity index (χ0) is 5.91. The van der Waals surface area contributed by atoms with Gasteiger partial charge in [0.15, 0.2) is 0 Å². The van der Waals surface area contributed by atoms with Gasteiger partial charge in [0.25, 0.3) is 0 Å². The number of nitrogens with zero attached hydrogens (tertiary/aromatic N) is 1. The molecule has 0 fully saturated rings. The predicted octanol–water partition coefficient (Wildman–Crippen LogP) is -1.16. The van der Waals surface area contributed by atoms with Crippen LogP contribution in [-0.2, 0) is 25.3 Å². The van der Waals surface area contributed by atoms with Crippen molar-refractivity contribution in [2.24, 2.45) is 0 Å². The zero-order valence-corrected chi connectivity index (χ0v) is 6.80. The molecule has 0 spiro atoms. The van der Waals surface area contributed by atoms with Gasteiger partial charge in [-0.25, -0.2) is 0 Å². The molecule has 1 N–H and O–H groups in total. The van der Waals surface area contributed by atoms with Gasteiger partial charge in [-0.15, -0.1) is 0 Å². The summed E-state index contributed by atoms with van der Waals surface area (Å²) in [5, 5.41) is 7.67. The van der Waals surface area contributed by atoms with E-state index in [1.54, 1.807) is 0 Å². The van der Waals surface area contributed by atoms with Crippen LogP contribution in [0.1, 0.15) is 0 Å². The molecule has 7 heavy (non-hydrogen) atoms. The summed E-state index contributed by atoms with van der Waals surface area (Å²) >= 11 is -1.51. The second-order valence-corrected chi connectivity index (χ2v) is 10.9. The van der Waals surface area contributed by atoms with E-state index in [9.17, 15) is 7.67 Å². The van der Waals surface area contributed by atoms with Crippen LogP contribution in [0.3, 0.4) is 0 Å². The first-order valence-electron chi connectivity index (χ1n) is 1.01. The van der Waals surface area contributed by atoms with Gasteiger partial charge in [0, 0.05) is 0 Å². The molecule has 0 atom stereocenters. The maximum absolute atomic E-state index is 9.68. The van der Waals surface area contributed by atoms with Crippen molar-refractivity contribution in [3.63, 3.8) is 0 Å². The van der Waals surface area contributed by atoms with E-state index in [0.29, 0.717) is 0 Å². The van der Waals surface area contributed by atoms with Crippen molar-refractivity contribution in [1.82, 2.24) is 0 Å². The summed E-state index contributed by atoms with van der Waals surface area (Å²) in [6, 6.07) is 0. The van der Waals surface area contributed by atoms with Gasteiger partial charge >= 0.3 is 49.1 Å². The summed E-state index contributed by atoms with van der Waals surface area (Å²) in [5.74, 6) is 0. The minimum absolute atomic E-state index is 1.40. The van der Waals surface area contributed by atoms with Crippen LogP contribution in [-0.4, -0.2) is 14.3 Å². The molecule has 0 saturated heterocycles. The first kappa shape index (κ1) is 7.31. The number of rotatable bonds is 1. The molecular weight excluding hydrogens is 350 g/mol. The third-order valence-electron chi connectivity index (χ3n) is 0.105. The van der Waals surface area contributed by atoms with Crippen molar-refractivity contribution in [2.75, 3.05) is 0 Å². The average molecular weight is 351 g/mol. The number of nitriles is 1. The maximum atomic E-state index is 9.68. The monoisotopic (exact) mass is 352 g/mol. The second kappa shape index (κ2) is 2.58. The quantitative estimate of drug-likeness (QED) is 0.605. The second-order valence-electron chi connectivity index (χ2n) is 0.502. The molecule has 45 valence electrons. The van der Waals surface area contributed by atoms with Crippen LogP contribution < -0.4 is 0 Å². The van der Waals surface area contributed by atoms with Gasteiger partial charge < -0.3 is 0 Å². The van der Waals surface area contributed by atoms with Crippen LogP contribution in [0.25, 0.3) is 0 Å². The first-order chi connectivity index (χ1) is 3.06. The van der Waals surface area contributed by atoms with E-state index in [0.717, 1.165) is 0 Å². The molecule has 0 unspecified atom stereocenters. The molecule has 0 saturated carbocycles. The van der Waals surface area contributed by atoms with Gasteiger partial charge in [-0.2, -0.15) is 0 Å². The SMILES string of the molecule is N#[C][Au][Se](=O)(=O)O. The van der Waals surface area contributed by atoms with E-state index in [2.05, 4.69) is 0 Å². The summed E-state index contributed by atoms with van der Waals surface area (Å²) in [7, 11) is -4.57. The van der Waals surface area contributed by atoms with E-state index in [4.69, 9.17) is 9.45 Å². The first-order valence-corrected chi connectivity index (χ1v) is 9.37. The van der Waals surface area contributed by atoms with E-state index < -0.39 is 27.7 Å². The molecule has 0 aromatic heterocycles. The van der Waals surface area contributed by atoms with Gasteiger partial charge in [-0.05, 0) is 0 Å². The molecule has 0 aliphatic carbocycles. The molecule has 0 rings (SSSR count). The Labute approximate surface area is 49.2 Å². The standard InChI is InChI=1S/CN.Au.HO3Se/c1-2;;1-4(2)3/h;;(H,1,2,3). The molecule has 0 aromatic rings. The van der Waals surface area contributed by atoms with Gasteiger partial charge in [0.05, 0.1) is 0 Å². The van der Waals surface area contributed by atoms with Crippen LogP contribution in [0.15, 0.2) is 0 Å². The van der Waals surface area contributed by atoms with Crippen molar-refractivity contribution in [1.29, 1.82) is 5.26 Å². The summed E-state index contributed by atoms with van der Waals surface area (Å²) in [6.45, 7) is 0. The molecule has 0 aliphatic heterocycles. The fourth-order valence-corrected chi connectivity index (χ4v) is 1.48. The van der Waals surface area contributed by atoms with Crippen molar-refractivity contribution < 1.29 is 29.5 Å². The molecule has 0 amide bonds. The van der Waals surface area contributed by atoms with Crippen LogP contribution in [0.4, 0.5) is 0 Å². The van der Waals surface area contributed by atoms with Gasteiger partial charge in [0.1, 0.15) is 0 Å². The van der Waals surface area contributed by atoms with Crippen LogP contribution >= 0.6 is 0 Å². The van der Waals surface area contributed by atoms with Gasteiger partial charge in [-0.1, -0.05) is 0 Å². The average Bonchev–Trinajstić information content (AvgIpc) is 1.30. The number of hydrogen-bond donors (Lipinski definition) is 1. The van der Waals surface area contributed by atoms with Crippen molar-refractivity contribution in [3.05, 3.63) is 0 Å². The number of hydrogen-bond acceptors (Lipinski definition) is 3. The summed E-state index contributed by atoms with van der Waals surface area (Å²) in [4.78, 5) is 0. The Bertz CT molecular complexity index is 176. The molecule has 6 heteroatoms. The Morgan fingerprint density at radius 2 is 2.14 bits per heavy atom.